The molecule has 0 aliphatic heterocycles. The summed E-state index contributed by atoms with van der Waals surface area (Å²) in [5.41, 5.74) is 2.40. The van der Waals surface area contributed by atoms with Crippen LogP contribution in [-0.2, 0) is 13.1 Å². The summed E-state index contributed by atoms with van der Waals surface area (Å²) in [7, 11) is 0. The lowest BCUT2D eigenvalue weighted by molar-refractivity contribution is 0.275. The summed E-state index contributed by atoms with van der Waals surface area (Å²) in [6, 6.07) is 8.51. The smallest absolute Gasteiger partial charge is 0.0841 e. The molecule has 0 aliphatic rings. The van der Waals surface area contributed by atoms with E-state index in [0.29, 0.717) is 17.8 Å². The molecule has 116 valence electrons. The molecular formula is C18H29N3. The zero-order valence-electron chi connectivity index (χ0n) is 14.1. The van der Waals surface area contributed by atoms with Crippen LogP contribution in [0.3, 0.4) is 0 Å². The quantitative estimate of drug-likeness (QED) is 0.832. The predicted octanol–water partition coefficient (Wildman–Crippen LogP) is 4.07. The van der Waals surface area contributed by atoms with Gasteiger partial charge < -0.3 is 5.32 Å². The van der Waals surface area contributed by atoms with Crippen LogP contribution >= 0.6 is 0 Å². The van der Waals surface area contributed by atoms with Crippen molar-refractivity contribution in [3.63, 3.8) is 0 Å². The van der Waals surface area contributed by atoms with Crippen molar-refractivity contribution in [2.75, 3.05) is 6.54 Å². The number of hydrogen-bond acceptors (Lipinski definition) is 2. The van der Waals surface area contributed by atoms with Crippen LogP contribution in [0.2, 0.25) is 0 Å². The maximum atomic E-state index is 4.75. The summed E-state index contributed by atoms with van der Waals surface area (Å²) in [5.74, 6) is 2.13. The molecule has 2 rings (SSSR count). The van der Waals surface area contributed by atoms with E-state index in [1.165, 1.54) is 16.6 Å². The van der Waals surface area contributed by atoms with Crippen LogP contribution in [0.5, 0.6) is 0 Å². The van der Waals surface area contributed by atoms with E-state index in [1.807, 2.05) is 0 Å². The van der Waals surface area contributed by atoms with Crippen molar-refractivity contribution in [1.29, 1.82) is 0 Å². The molecule has 0 amide bonds. The fourth-order valence-electron chi connectivity index (χ4n) is 3.17. The second-order valence-corrected chi connectivity index (χ2v) is 6.56. The molecule has 3 nitrogen and oxygen atoms in total. The normalized spacial score (nSPS) is 12.2. The number of aryl methyl sites for hydroxylation is 1. The number of nitrogens with zero attached hydrogens (tertiary/aromatic N) is 2. The van der Waals surface area contributed by atoms with Gasteiger partial charge in [-0.25, -0.2) is 0 Å². The highest BCUT2D eigenvalue weighted by Gasteiger charge is 2.17. The van der Waals surface area contributed by atoms with E-state index in [1.54, 1.807) is 0 Å². The van der Waals surface area contributed by atoms with Gasteiger partial charge in [0.05, 0.1) is 11.2 Å². The predicted molar refractivity (Wildman–Crippen MR) is 90.3 cm³/mol. The van der Waals surface area contributed by atoms with Gasteiger partial charge in [-0.3, -0.25) is 4.68 Å². The number of fused-ring (bicyclic) bond motifs is 1. The lowest BCUT2D eigenvalue weighted by Crippen LogP contribution is -2.29. The van der Waals surface area contributed by atoms with Gasteiger partial charge in [0.2, 0.25) is 0 Å². The Morgan fingerprint density at radius 3 is 2.38 bits per heavy atom. The van der Waals surface area contributed by atoms with Gasteiger partial charge in [-0.1, -0.05) is 45.9 Å². The van der Waals surface area contributed by atoms with Crippen molar-refractivity contribution in [2.45, 2.75) is 47.7 Å². The van der Waals surface area contributed by atoms with E-state index in [0.717, 1.165) is 19.6 Å². The molecule has 0 bridgehead atoms. The van der Waals surface area contributed by atoms with E-state index >= 15 is 0 Å². The minimum absolute atomic E-state index is 0.711. The highest BCUT2D eigenvalue weighted by molar-refractivity contribution is 5.81. The first kappa shape index (κ1) is 16.0. The average Bonchev–Trinajstić information content (AvgIpc) is 2.81. The highest BCUT2D eigenvalue weighted by Crippen LogP contribution is 2.21. The van der Waals surface area contributed by atoms with Crippen LogP contribution in [-0.4, -0.2) is 16.3 Å². The summed E-state index contributed by atoms with van der Waals surface area (Å²) in [6.45, 7) is 14.2. The third kappa shape index (κ3) is 3.65. The van der Waals surface area contributed by atoms with Gasteiger partial charge in [-0.05, 0) is 37.3 Å². The van der Waals surface area contributed by atoms with Gasteiger partial charge in [0.1, 0.15) is 0 Å². The number of nitrogens with one attached hydrogen (secondary N) is 1. The van der Waals surface area contributed by atoms with Gasteiger partial charge >= 0.3 is 0 Å². The molecule has 2 aromatic rings. The third-order valence-corrected chi connectivity index (χ3v) is 4.42. The molecule has 1 heterocycles. The van der Waals surface area contributed by atoms with Crippen molar-refractivity contribution >= 4 is 10.9 Å². The van der Waals surface area contributed by atoms with Gasteiger partial charge in [-0.15, -0.1) is 0 Å². The highest BCUT2D eigenvalue weighted by atomic mass is 15.3. The second kappa shape index (κ2) is 7.08. The van der Waals surface area contributed by atoms with Gasteiger partial charge in [0.15, 0.2) is 0 Å². The average molecular weight is 287 g/mol. The van der Waals surface area contributed by atoms with Crippen LogP contribution in [0.25, 0.3) is 10.9 Å². The molecule has 0 spiro atoms. The summed E-state index contributed by atoms with van der Waals surface area (Å²) in [6.07, 6.45) is 0. The first-order valence-corrected chi connectivity index (χ1v) is 8.19. The Balaban J connectivity index is 2.07. The standard InChI is InChI=1S/C18H29N3/c1-6-21-18-10-8-7-9-15(18)17(20-21)12-19-11-16(13(2)3)14(4)5/h7-10,13-14,16,19H,6,11-12H2,1-5H3. The Morgan fingerprint density at radius 2 is 1.76 bits per heavy atom. The van der Waals surface area contributed by atoms with E-state index < -0.39 is 0 Å². The number of benzene rings is 1. The van der Waals surface area contributed by atoms with E-state index in [9.17, 15) is 0 Å². The Hall–Kier alpha value is -1.35. The Kier molecular flexibility index (Phi) is 5.40. The summed E-state index contributed by atoms with van der Waals surface area (Å²) in [5, 5.41) is 9.64. The minimum Gasteiger partial charge on any atom is -0.311 e. The zero-order chi connectivity index (χ0) is 15.4. The van der Waals surface area contributed by atoms with Crippen molar-refractivity contribution in [2.24, 2.45) is 17.8 Å². The van der Waals surface area contributed by atoms with Crippen LogP contribution in [0.4, 0.5) is 0 Å². The van der Waals surface area contributed by atoms with Crippen molar-refractivity contribution < 1.29 is 0 Å². The molecular weight excluding hydrogens is 258 g/mol. The monoisotopic (exact) mass is 287 g/mol. The fraction of sp³-hybridized carbons (Fsp3) is 0.611. The van der Waals surface area contributed by atoms with Crippen LogP contribution in [0.15, 0.2) is 24.3 Å². The van der Waals surface area contributed by atoms with Crippen molar-refractivity contribution in [3.8, 4) is 0 Å². The Labute approximate surface area is 128 Å². The summed E-state index contributed by atoms with van der Waals surface area (Å²) in [4.78, 5) is 0. The molecule has 0 fully saturated rings. The molecule has 3 heteroatoms. The van der Waals surface area contributed by atoms with E-state index in [4.69, 9.17) is 5.10 Å². The maximum Gasteiger partial charge on any atom is 0.0841 e. The molecule has 1 aromatic heterocycles. The number of hydrogen-bond donors (Lipinski definition) is 1. The minimum atomic E-state index is 0.711. The van der Waals surface area contributed by atoms with Crippen LogP contribution < -0.4 is 5.32 Å². The molecule has 0 saturated heterocycles. The molecule has 1 aromatic carbocycles. The Bertz CT molecular complexity index is 561. The topological polar surface area (TPSA) is 29.9 Å². The molecule has 21 heavy (non-hydrogen) atoms. The number of aromatic nitrogens is 2. The summed E-state index contributed by atoms with van der Waals surface area (Å²) >= 11 is 0. The molecule has 0 atom stereocenters. The first-order chi connectivity index (χ1) is 10.0. The van der Waals surface area contributed by atoms with Crippen molar-refractivity contribution in [3.05, 3.63) is 30.0 Å². The molecule has 0 aliphatic carbocycles. The molecule has 0 radical (unpaired) electrons. The van der Waals surface area contributed by atoms with E-state index in [2.05, 4.69) is 68.9 Å². The van der Waals surface area contributed by atoms with Crippen LogP contribution in [0, 0.1) is 17.8 Å². The first-order valence-electron chi connectivity index (χ1n) is 8.19. The Morgan fingerprint density at radius 1 is 1.10 bits per heavy atom. The second-order valence-electron chi connectivity index (χ2n) is 6.56. The zero-order valence-corrected chi connectivity index (χ0v) is 14.1. The van der Waals surface area contributed by atoms with Crippen molar-refractivity contribution in [1.82, 2.24) is 15.1 Å². The van der Waals surface area contributed by atoms with Gasteiger partial charge in [0, 0.05) is 18.5 Å². The maximum absolute atomic E-state index is 4.75. The lowest BCUT2D eigenvalue weighted by atomic mass is 9.85. The number of para-hydroxylation sites is 1. The van der Waals surface area contributed by atoms with Crippen LogP contribution in [0.1, 0.15) is 40.3 Å². The fourth-order valence-corrected chi connectivity index (χ4v) is 3.17. The molecule has 0 saturated carbocycles. The summed E-state index contributed by atoms with van der Waals surface area (Å²) < 4.78 is 2.09. The van der Waals surface area contributed by atoms with Gasteiger partial charge in [0.25, 0.3) is 0 Å². The number of rotatable bonds is 7. The van der Waals surface area contributed by atoms with Gasteiger partial charge in [-0.2, -0.15) is 5.10 Å². The SMILES string of the molecule is CCn1nc(CNCC(C(C)C)C(C)C)c2ccccc21. The lowest BCUT2D eigenvalue weighted by Gasteiger charge is -2.25. The molecule has 1 N–H and O–H groups in total. The largest absolute Gasteiger partial charge is 0.311 e. The molecule has 0 unspecified atom stereocenters. The van der Waals surface area contributed by atoms with E-state index in [-0.39, 0.29) is 0 Å². The third-order valence-electron chi connectivity index (χ3n) is 4.42.